The fraction of sp³-hybridized carbons (Fsp3) is 1.00. The molecule has 0 aliphatic rings. The second kappa shape index (κ2) is 9.47. The molecule has 0 amide bonds. The third-order valence-electron chi connectivity index (χ3n) is 2.84. The van der Waals surface area contributed by atoms with E-state index in [-0.39, 0.29) is 0 Å². The Hall–Kier alpha value is -0.0800. The standard InChI is InChI=1S/C12H28N2/c1-5-10-14(6-2)11-8-7-9-12(3)13-4/h12-13H,5-11H2,1-4H3. The van der Waals surface area contributed by atoms with E-state index in [0.717, 1.165) is 0 Å². The lowest BCUT2D eigenvalue weighted by atomic mass is 10.1. The molecule has 0 aliphatic carbocycles. The Labute approximate surface area is 90.1 Å². The summed E-state index contributed by atoms with van der Waals surface area (Å²) in [5.74, 6) is 0. The molecular weight excluding hydrogens is 172 g/mol. The highest BCUT2D eigenvalue weighted by atomic mass is 15.1. The summed E-state index contributed by atoms with van der Waals surface area (Å²) in [6.07, 6.45) is 5.28. The molecule has 0 rings (SSSR count). The van der Waals surface area contributed by atoms with Crippen LogP contribution in [-0.2, 0) is 0 Å². The number of nitrogens with one attached hydrogen (secondary N) is 1. The number of rotatable bonds is 9. The molecule has 0 aromatic heterocycles. The average Bonchev–Trinajstić information content (AvgIpc) is 2.22. The van der Waals surface area contributed by atoms with E-state index in [1.165, 1.54) is 45.3 Å². The summed E-state index contributed by atoms with van der Waals surface area (Å²) in [5, 5.41) is 3.28. The van der Waals surface area contributed by atoms with Gasteiger partial charge in [-0.3, -0.25) is 0 Å². The van der Waals surface area contributed by atoms with Crippen molar-refractivity contribution < 1.29 is 0 Å². The average molecular weight is 200 g/mol. The van der Waals surface area contributed by atoms with Crippen molar-refractivity contribution in [2.75, 3.05) is 26.7 Å². The van der Waals surface area contributed by atoms with Gasteiger partial charge in [0.2, 0.25) is 0 Å². The number of nitrogens with zero attached hydrogens (tertiary/aromatic N) is 1. The van der Waals surface area contributed by atoms with Gasteiger partial charge in [0.25, 0.3) is 0 Å². The van der Waals surface area contributed by atoms with Crippen LogP contribution in [0.25, 0.3) is 0 Å². The van der Waals surface area contributed by atoms with E-state index in [4.69, 9.17) is 0 Å². The minimum atomic E-state index is 0.677. The SMILES string of the molecule is CCCN(CC)CCCCC(C)NC. The maximum absolute atomic E-state index is 3.28. The van der Waals surface area contributed by atoms with Crippen molar-refractivity contribution in [3.8, 4) is 0 Å². The second-order valence-electron chi connectivity index (χ2n) is 4.12. The highest BCUT2D eigenvalue weighted by Gasteiger charge is 2.01. The van der Waals surface area contributed by atoms with E-state index in [1.54, 1.807) is 0 Å². The first-order valence-electron chi connectivity index (χ1n) is 6.14. The van der Waals surface area contributed by atoms with E-state index in [0.29, 0.717) is 6.04 Å². The van der Waals surface area contributed by atoms with Gasteiger partial charge in [0.1, 0.15) is 0 Å². The van der Waals surface area contributed by atoms with Crippen LogP contribution in [0.5, 0.6) is 0 Å². The molecule has 0 bridgehead atoms. The molecule has 0 saturated heterocycles. The lowest BCUT2D eigenvalue weighted by Crippen LogP contribution is -2.26. The Kier molecular flexibility index (Phi) is 9.42. The lowest BCUT2D eigenvalue weighted by molar-refractivity contribution is 0.280. The van der Waals surface area contributed by atoms with Gasteiger partial charge in [-0.1, -0.05) is 20.3 Å². The van der Waals surface area contributed by atoms with Crippen LogP contribution < -0.4 is 5.32 Å². The summed E-state index contributed by atoms with van der Waals surface area (Å²) in [5.41, 5.74) is 0. The molecule has 86 valence electrons. The molecule has 0 radical (unpaired) electrons. The molecule has 2 heteroatoms. The first-order valence-corrected chi connectivity index (χ1v) is 6.14. The predicted octanol–water partition coefficient (Wildman–Crippen LogP) is 2.50. The van der Waals surface area contributed by atoms with Crippen molar-refractivity contribution in [2.24, 2.45) is 0 Å². The first-order chi connectivity index (χ1) is 6.74. The van der Waals surface area contributed by atoms with Gasteiger partial charge in [0.15, 0.2) is 0 Å². The summed E-state index contributed by atoms with van der Waals surface area (Å²) in [6.45, 7) is 10.5. The van der Waals surface area contributed by atoms with E-state index >= 15 is 0 Å². The smallest absolute Gasteiger partial charge is 0.00357 e. The molecule has 1 atom stereocenters. The normalized spacial score (nSPS) is 13.5. The minimum absolute atomic E-state index is 0.677. The zero-order valence-electron chi connectivity index (χ0n) is 10.5. The number of hydrogen-bond acceptors (Lipinski definition) is 2. The largest absolute Gasteiger partial charge is 0.317 e. The van der Waals surface area contributed by atoms with Crippen LogP contribution in [0.3, 0.4) is 0 Å². The lowest BCUT2D eigenvalue weighted by Gasteiger charge is -2.19. The van der Waals surface area contributed by atoms with Crippen LogP contribution >= 0.6 is 0 Å². The molecule has 0 heterocycles. The Bertz CT molecular complexity index is 115. The number of unbranched alkanes of at least 4 members (excludes halogenated alkanes) is 1. The molecule has 0 aliphatic heterocycles. The summed E-state index contributed by atoms with van der Waals surface area (Å²) in [6, 6.07) is 0.677. The van der Waals surface area contributed by atoms with Gasteiger partial charge in [-0.25, -0.2) is 0 Å². The summed E-state index contributed by atoms with van der Waals surface area (Å²) >= 11 is 0. The molecule has 2 nitrogen and oxygen atoms in total. The molecule has 1 unspecified atom stereocenters. The Balaban J connectivity index is 3.32. The zero-order valence-corrected chi connectivity index (χ0v) is 10.5. The quantitative estimate of drug-likeness (QED) is 0.575. The molecule has 0 spiro atoms. The fourth-order valence-corrected chi connectivity index (χ4v) is 1.67. The van der Waals surface area contributed by atoms with Crippen molar-refractivity contribution >= 4 is 0 Å². The van der Waals surface area contributed by atoms with E-state index in [1.807, 2.05) is 7.05 Å². The molecule has 14 heavy (non-hydrogen) atoms. The van der Waals surface area contributed by atoms with Crippen molar-refractivity contribution in [1.82, 2.24) is 10.2 Å². The summed E-state index contributed by atoms with van der Waals surface area (Å²) < 4.78 is 0. The van der Waals surface area contributed by atoms with Gasteiger partial charge >= 0.3 is 0 Å². The topological polar surface area (TPSA) is 15.3 Å². The molecular formula is C12H28N2. The van der Waals surface area contributed by atoms with Crippen LogP contribution in [0, 0.1) is 0 Å². The van der Waals surface area contributed by atoms with Crippen LogP contribution in [0.4, 0.5) is 0 Å². The summed E-state index contributed by atoms with van der Waals surface area (Å²) in [4.78, 5) is 2.55. The first kappa shape index (κ1) is 13.9. The number of hydrogen-bond donors (Lipinski definition) is 1. The highest BCUT2D eigenvalue weighted by Crippen LogP contribution is 2.02. The van der Waals surface area contributed by atoms with E-state index in [9.17, 15) is 0 Å². The molecule has 0 aromatic rings. The maximum atomic E-state index is 3.28. The second-order valence-corrected chi connectivity index (χ2v) is 4.12. The predicted molar refractivity (Wildman–Crippen MR) is 64.8 cm³/mol. The van der Waals surface area contributed by atoms with Crippen molar-refractivity contribution in [3.05, 3.63) is 0 Å². The monoisotopic (exact) mass is 200 g/mol. The van der Waals surface area contributed by atoms with E-state index in [2.05, 4.69) is 31.0 Å². The van der Waals surface area contributed by atoms with Crippen molar-refractivity contribution in [3.63, 3.8) is 0 Å². The van der Waals surface area contributed by atoms with Crippen molar-refractivity contribution in [2.45, 2.75) is 52.5 Å². The third kappa shape index (κ3) is 7.34. The van der Waals surface area contributed by atoms with Crippen LogP contribution in [0.1, 0.15) is 46.5 Å². The molecule has 0 saturated carbocycles. The minimum Gasteiger partial charge on any atom is -0.317 e. The maximum Gasteiger partial charge on any atom is 0.00357 e. The van der Waals surface area contributed by atoms with Crippen LogP contribution in [0.15, 0.2) is 0 Å². The zero-order chi connectivity index (χ0) is 10.8. The Morgan fingerprint density at radius 2 is 1.86 bits per heavy atom. The highest BCUT2D eigenvalue weighted by molar-refractivity contribution is 4.59. The van der Waals surface area contributed by atoms with Gasteiger partial charge in [0.05, 0.1) is 0 Å². The van der Waals surface area contributed by atoms with E-state index < -0.39 is 0 Å². The van der Waals surface area contributed by atoms with Gasteiger partial charge in [-0.15, -0.1) is 0 Å². The molecule has 0 fully saturated rings. The van der Waals surface area contributed by atoms with Gasteiger partial charge in [-0.05, 0) is 52.9 Å². The van der Waals surface area contributed by atoms with Crippen LogP contribution in [-0.4, -0.2) is 37.6 Å². The third-order valence-corrected chi connectivity index (χ3v) is 2.84. The molecule has 0 aromatic carbocycles. The van der Waals surface area contributed by atoms with Gasteiger partial charge in [0, 0.05) is 6.04 Å². The van der Waals surface area contributed by atoms with Crippen molar-refractivity contribution in [1.29, 1.82) is 0 Å². The Morgan fingerprint density at radius 1 is 1.14 bits per heavy atom. The van der Waals surface area contributed by atoms with Gasteiger partial charge < -0.3 is 10.2 Å². The van der Waals surface area contributed by atoms with Crippen LogP contribution in [0.2, 0.25) is 0 Å². The Morgan fingerprint density at radius 3 is 2.36 bits per heavy atom. The summed E-state index contributed by atoms with van der Waals surface area (Å²) in [7, 11) is 2.04. The van der Waals surface area contributed by atoms with Gasteiger partial charge in [-0.2, -0.15) is 0 Å². The fourth-order valence-electron chi connectivity index (χ4n) is 1.67. The molecule has 1 N–H and O–H groups in total.